The summed E-state index contributed by atoms with van der Waals surface area (Å²) in [5.74, 6) is 0. The number of hydrogen-bond donors (Lipinski definition) is 0. The topological polar surface area (TPSA) is 47.2 Å². The van der Waals surface area contributed by atoms with Gasteiger partial charge in [0, 0.05) is 15.3 Å². The number of nitrogens with zero attached hydrogens (tertiary/aromatic N) is 3. The average Bonchev–Trinajstić information content (AvgIpc) is 3.22. The van der Waals surface area contributed by atoms with Crippen molar-refractivity contribution in [3.63, 3.8) is 0 Å². The second-order valence-corrected chi connectivity index (χ2v) is 7.42. The molecule has 0 fully saturated rings. The van der Waals surface area contributed by atoms with Crippen LogP contribution in [0.25, 0.3) is 21.3 Å². The van der Waals surface area contributed by atoms with E-state index in [2.05, 4.69) is 10.1 Å². The molecule has 6 heteroatoms. The van der Waals surface area contributed by atoms with Gasteiger partial charge in [0.25, 0.3) is 5.56 Å². The van der Waals surface area contributed by atoms with E-state index in [0.717, 1.165) is 25.7 Å². The van der Waals surface area contributed by atoms with Crippen LogP contribution in [0, 0.1) is 6.92 Å². The second kappa shape index (κ2) is 6.14. The molecule has 0 saturated carbocycles. The predicted molar refractivity (Wildman–Crippen MR) is 101 cm³/mol. The van der Waals surface area contributed by atoms with Gasteiger partial charge < -0.3 is 0 Å². The first-order chi connectivity index (χ1) is 11.7. The molecule has 118 valence electrons. The molecule has 0 bridgehead atoms. The molecule has 1 aromatic carbocycles. The van der Waals surface area contributed by atoms with Crippen molar-refractivity contribution in [1.29, 1.82) is 0 Å². The van der Waals surface area contributed by atoms with Crippen LogP contribution in [-0.2, 0) is 0 Å². The summed E-state index contributed by atoms with van der Waals surface area (Å²) in [4.78, 5) is 20.2. The minimum atomic E-state index is -0.143. The summed E-state index contributed by atoms with van der Waals surface area (Å²) in [5, 5.41) is 6.88. The zero-order chi connectivity index (χ0) is 16.5. The van der Waals surface area contributed by atoms with Gasteiger partial charge in [-0.3, -0.25) is 4.79 Å². The normalized spacial score (nSPS) is 11.5. The first-order valence-corrected chi connectivity index (χ1v) is 9.07. The van der Waals surface area contributed by atoms with Crippen LogP contribution < -0.4 is 5.56 Å². The van der Waals surface area contributed by atoms with Crippen molar-refractivity contribution in [2.24, 2.45) is 5.10 Å². The Morgan fingerprint density at radius 2 is 2.00 bits per heavy atom. The molecule has 0 spiro atoms. The molecule has 3 heterocycles. The lowest BCUT2D eigenvalue weighted by Gasteiger charge is -2.02. The summed E-state index contributed by atoms with van der Waals surface area (Å²) in [6, 6.07) is 13.8. The van der Waals surface area contributed by atoms with E-state index in [1.54, 1.807) is 17.6 Å². The minimum absolute atomic E-state index is 0.143. The molecule has 3 aromatic heterocycles. The maximum atomic E-state index is 12.9. The molecule has 0 unspecified atom stereocenters. The molecule has 0 aliphatic carbocycles. The minimum Gasteiger partial charge on any atom is -0.267 e. The van der Waals surface area contributed by atoms with Crippen LogP contribution in [0.5, 0.6) is 0 Å². The smallest absolute Gasteiger partial charge is 0.267 e. The predicted octanol–water partition coefficient (Wildman–Crippen LogP) is 4.38. The lowest BCUT2D eigenvalue weighted by molar-refractivity contribution is 0.819. The van der Waals surface area contributed by atoms with Gasteiger partial charge in [0.05, 0.1) is 11.6 Å². The molecule has 0 amide bonds. The van der Waals surface area contributed by atoms with Gasteiger partial charge in [-0.25, -0.2) is 4.98 Å². The Labute approximate surface area is 146 Å². The molecule has 4 rings (SSSR count). The number of aromatic nitrogens is 2. The molecular formula is C18H13N3OS2. The van der Waals surface area contributed by atoms with Crippen molar-refractivity contribution in [3.8, 4) is 11.1 Å². The molecule has 4 aromatic rings. The highest BCUT2D eigenvalue weighted by molar-refractivity contribution is 7.19. The summed E-state index contributed by atoms with van der Waals surface area (Å²) in [5.41, 5.74) is 1.84. The number of fused-ring (bicyclic) bond motifs is 1. The standard InChI is InChI=1S/C18H13N3OS2/c1-12-15(13-6-3-2-4-7-13)16-17(24-12)19-11-21(18(16)22)20-10-14-8-5-9-23-14/h2-11H,1H3/b20-10-. The summed E-state index contributed by atoms with van der Waals surface area (Å²) in [6.45, 7) is 2.02. The zero-order valence-electron chi connectivity index (χ0n) is 12.8. The average molecular weight is 351 g/mol. The van der Waals surface area contributed by atoms with E-state index in [1.165, 1.54) is 22.3 Å². The van der Waals surface area contributed by atoms with E-state index in [1.807, 2.05) is 54.8 Å². The number of thiophene rings is 2. The van der Waals surface area contributed by atoms with Crippen LogP contribution in [-0.4, -0.2) is 15.9 Å². The van der Waals surface area contributed by atoms with E-state index < -0.39 is 0 Å². The fourth-order valence-electron chi connectivity index (χ4n) is 2.61. The molecular weight excluding hydrogens is 338 g/mol. The summed E-state index contributed by atoms with van der Waals surface area (Å²) >= 11 is 3.11. The highest BCUT2D eigenvalue weighted by atomic mass is 32.1. The Morgan fingerprint density at radius 1 is 1.17 bits per heavy atom. The van der Waals surface area contributed by atoms with Crippen molar-refractivity contribution in [2.45, 2.75) is 6.92 Å². The SMILES string of the molecule is Cc1sc2ncn(/N=C\c3cccs3)c(=O)c2c1-c1ccccc1. The van der Waals surface area contributed by atoms with Crippen molar-refractivity contribution < 1.29 is 0 Å². The Morgan fingerprint density at radius 3 is 2.75 bits per heavy atom. The third-order valence-corrected chi connectivity index (χ3v) is 5.51. The summed E-state index contributed by atoms with van der Waals surface area (Å²) in [6.07, 6.45) is 3.17. The lowest BCUT2D eigenvalue weighted by atomic mass is 10.0. The maximum Gasteiger partial charge on any atom is 0.283 e. The maximum absolute atomic E-state index is 12.9. The fourth-order valence-corrected chi connectivity index (χ4v) is 4.19. The van der Waals surface area contributed by atoms with Crippen molar-refractivity contribution in [3.05, 3.63) is 74.3 Å². The lowest BCUT2D eigenvalue weighted by Crippen LogP contribution is -2.16. The molecule has 0 aliphatic rings. The van der Waals surface area contributed by atoms with Crippen LogP contribution in [0.1, 0.15) is 9.75 Å². The molecule has 4 nitrogen and oxygen atoms in total. The Kier molecular flexibility index (Phi) is 3.84. The van der Waals surface area contributed by atoms with Crippen molar-refractivity contribution >= 4 is 39.1 Å². The number of aryl methyl sites for hydroxylation is 1. The molecule has 24 heavy (non-hydrogen) atoms. The number of benzene rings is 1. The molecule has 0 radical (unpaired) electrons. The second-order valence-electron chi connectivity index (χ2n) is 5.23. The third-order valence-electron chi connectivity index (χ3n) is 3.69. The van der Waals surface area contributed by atoms with Gasteiger partial charge in [-0.15, -0.1) is 22.7 Å². The van der Waals surface area contributed by atoms with Crippen LogP contribution in [0.3, 0.4) is 0 Å². The van der Waals surface area contributed by atoms with E-state index >= 15 is 0 Å². The van der Waals surface area contributed by atoms with E-state index in [0.29, 0.717) is 5.39 Å². The van der Waals surface area contributed by atoms with Gasteiger partial charge in [-0.05, 0) is 23.9 Å². The molecule has 0 N–H and O–H groups in total. The van der Waals surface area contributed by atoms with Gasteiger partial charge in [-0.1, -0.05) is 36.4 Å². The van der Waals surface area contributed by atoms with E-state index in [9.17, 15) is 4.79 Å². The van der Waals surface area contributed by atoms with Crippen LogP contribution in [0.15, 0.2) is 64.1 Å². The van der Waals surface area contributed by atoms with E-state index in [-0.39, 0.29) is 5.56 Å². The molecule has 0 saturated heterocycles. The van der Waals surface area contributed by atoms with Crippen molar-refractivity contribution in [1.82, 2.24) is 9.66 Å². The fraction of sp³-hybridized carbons (Fsp3) is 0.0556. The Bertz CT molecular complexity index is 1080. The zero-order valence-corrected chi connectivity index (χ0v) is 14.5. The van der Waals surface area contributed by atoms with Gasteiger partial charge in [0.2, 0.25) is 0 Å². The van der Waals surface area contributed by atoms with E-state index in [4.69, 9.17) is 0 Å². The molecule has 0 aliphatic heterocycles. The molecule has 0 atom stereocenters. The monoisotopic (exact) mass is 351 g/mol. The Hall–Kier alpha value is -2.57. The number of rotatable bonds is 3. The first-order valence-electron chi connectivity index (χ1n) is 7.38. The quantitative estimate of drug-likeness (QED) is 0.514. The van der Waals surface area contributed by atoms with Crippen molar-refractivity contribution in [2.75, 3.05) is 0 Å². The number of hydrogen-bond acceptors (Lipinski definition) is 5. The van der Waals surface area contributed by atoms with Crippen LogP contribution in [0.4, 0.5) is 0 Å². The Balaban J connectivity index is 1.91. The van der Waals surface area contributed by atoms with Gasteiger partial charge in [-0.2, -0.15) is 9.78 Å². The van der Waals surface area contributed by atoms with Crippen LogP contribution >= 0.6 is 22.7 Å². The van der Waals surface area contributed by atoms with Crippen LogP contribution in [0.2, 0.25) is 0 Å². The largest absolute Gasteiger partial charge is 0.283 e. The summed E-state index contributed by atoms with van der Waals surface area (Å²) in [7, 11) is 0. The first kappa shape index (κ1) is 15.0. The third kappa shape index (κ3) is 2.60. The van der Waals surface area contributed by atoms with Gasteiger partial charge >= 0.3 is 0 Å². The van der Waals surface area contributed by atoms with Gasteiger partial charge in [0.1, 0.15) is 11.2 Å². The summed E-state index contributed by atoms with van der Waals surface area (Å²) < 4.78 is 1.31. The highest BCUT2D eigenvalue weighted by Gasteiger charge is 2.16. The van der Waals surface area contributed by atoms with Gasteiger partial charge in [0.15, 0.2) is 0 Å². The highest BCUT2D eigenvalue weighted by Crippen LogP contribution is 2.35.